The molecule has 0 aromatic rings. The first kappa shape index (κ1) is 9.49. The highest BCUT2D eigenvalue weighted by Gasteiger charge is 2.35. The van der Waals surface area contributed by atoms with Crippen molar-refractivity contribution in [3.8, 4) is 0 Å². The molecule has 6 heteroatoms. The summed E-state index contributed by atoms with van der Waals surface area (Å²) in [5.41, 5.74) is 0. The lowest BCUT2D eigenvalue weighted by atomic mass is 10.1. The molecule has 0 amide bonds. The fourth-order valence-electron chi connectivity index (χ4n) is 0.389. The second-order valence-corrected chi connectivity index (χ2v) is 7.76. The average molecular weight is 178 g/mol. The van der Waals surface area contributed by atoms with Crippen LogP contribution < -0.4 is 0 Å². The molecule has 0 aliphatic carbocycles. The van der Waals surface area contributed by atoms with E-state index in [-0.39, 0.29) is 0 Å². The fraction of sp³-hybridized carbons (Fsp3) is 1.00. The second-order valence-electron chi connectivity index (χ2n) is 2.16. The lowest BCUT2D eigenvalue weighted by molar-refractivity contribution is -0.0442. The van der Waals surface area contributed by atoms with Crippen molar-refractivity contribution in [2.75, 3.05) is 12.5 Å². The van der Waals surface area contributed by atoms with Crippen LogP contribution in [0.3, 0.4) is 0 Å². The van der Waals surface area contributed by atoms with Gasteiger partial charge in [-0.15, -0.1) is 0 Å². The van der Waals surface area contributed by atoms with Crippen molar-refractivity contribution in [2.45, 2.75) is 6.08 Å². The van der Waals surface area contributed by atoms with Gasteiger partial charge in [-0.2, -0.15) is 22.3 Å². The van der Waals surface area contributed by atoms with E-state index >= 15 is 0 Å². The molecule has 0 aromatic heterocycles. The Hall–Kier alpha value is 0.495. The molecule has 0 fully saturated rings. The van der Waals surface area contributed by atoms with E-state index in [1.807, 2.05) is 0 Å². The van der Waals surface area contributed by atoms with Gasteiger partial charge in [0.1, 0.15) is 0 Å². The van der Waals surface area contributed by atoms with Crippen LogP contribution in [0.4, 0.5) is 13.2 Å². The van der Waals surface area contributed by atoms with Gasteiger partial charge in [-0.1, -0.05) is 10.7 Å². The summed E-state index contributed by atoms with van der Waals surface area (Å²) in [6, 6.07) is 0. The summed E-state index contributed by atoms with van der Waals surface area (Å²) in [6.45, 7) is -0.860. The van der Waals surface area contributed by atoms with Crippen molar-refractivity contribution in [3.05, 3.63) is 0 Å². The number of halogens is 4. The standard InChI is InChI=1S/C3H7BClF3S/c1-9(2,5)4-3(6,7)8/h4H,1-2H3. The maximum Gasteiger partial charge on any atom is 0.353 e. The van der Waals surface area contributed by atoms with Crippen molar-refractivity contribution in [1.82, 2.24) is 0 Å². The molecule has 0 spiro atoms. The summed E-state index contributed by atoms with van der Waals surface area (Å²) in [6.07, 6.45) is -1.27. The van der Waals surface area contributed by atoms with Crippen molar-refractivity contribution in [2.24, 2.45) is 0 Å². The monoisotopic (exact) mass is 178 g/mol. The smallest absolute Gasteiger partial charge is 0.192 e. The minimum Gasteiger partial charge on any atom is -0.192 e. The first-order valence-electron chi connectivity index (χ1n) is 2.18. The Morgan fingerprint density at radius 2 is 1.67 bits per heavy atom. The Labute approximate surface area is 58.7 Å². The van der Waals surface area contributed by atoms with Crippen LogP contribution in [-0.4, -0.2) is 25.1 Å². The Bertz CT molecular complexity index is 84.2. The van der Waals surface area contributed by atoms with Gasteiger partial charge in [0.15, 0.2) is 0 Å². The molecule has 0 atom stereocenters. The van der Waals surface area contributed by atoms with Crippen LogP contribution in [0.1, 0.15) is 0 Å². The predicted molar refractivity (Wildman–Crippen MR) is 38.5 cm³/mol. The molecule has 0 aliphatic heterocycles. The van der Waals surface area contributed by atoms with Gasteiger partial charge < -0.3 is 0 Å². The summed E-state index contributed by atoms with van der Waals surface area (Å²) < 4.78 is 34.5. The van der Waals surface area contributed by atoms with E-state index in [4.69, 9.17) is 10.7 Å². The van der Waals surface area contributed by atoms with Crippen LogP contribution in [0.2, 0.25) is 0 Å². The number of hydrogen-bond acceptors (Lipinski definition) is 0. The van der Waals surface area contributed by atoms with E-state index in [0.29, 0.717) is 0 Å². The Balaban J connectivity index is 3.75. The van der Waals surface area contributed by atoms with E-state index in [1.54, 1.807) is 0 Å². The zero-order valence-corrected chi connectivity index (χ0v) is 6.70. The maximum absolute atomic E-state index is 11.5. The number of hydrogen-bond donors (Lipinski definition) is 0. The highest BCUT2D eigenvalue weighted by atomic mass is 35.7. The van der Waals surface area contributed by atoms with Gasteiger partial charge in [0.2, 0.25) is 0 Å². The Morgan fingerprint density at radius 3 is 1.67 bits per heavy atom. The van der Waals surface area contributed by atoms with Gasteiger partial charge in [-0.05, 0) is 12.5 Å². The van der Waals surface area contributed by atoms with Crippen molar-refractivity contribution >= 4 is 26.3 Å². The lowest BCUT2D eigenvalue weighted by Gasteiger charge is -2.20. The summed E-state index contributed by atoms with van der Waals surface area (Å²) in [5, 5.41) is 0. The van der Waals surface area contributed by atoms with Crippen LogP contribution >= 0.6 is 19.8 Å². The van der Waals surface area contributed by atoms with Crippen LogP contribution in [0, 0.1) is 0 Å². The predicted octanol–water partition coefficient (Wildman–Crippen LogP) is 2.08. The maximum atomic E-state index is 11.5. The molecular weight excluding hydrogens is 171 g/mol. The van der Waals surface area contributed by atoms with Gasteiger partial charge in [-0.25, -0.2) is 0 Å². The van der Waals surface area contributed by atoms with Gasteiger partial charge in [0.25, 0.3) is 0 Å². The molecule has 0 radical (unpaired) electrons. The largest absolute Gasteiger partial charge is 0.353 e. The zero-order chi connectivity index (χ0) is 7.71. The number of alkyl halides is 3. The third-order valence-corrected chi connectivity index (χ3v) is 1.85. The Kier molecular flexibility index (Phi) is 2.76. The third-order valence-electron chi connectivity index (χ3n) is 0.507. The molecule has 0 heterocycles. The Morgan fingerprint density at radius 1 is 1.33 bits per heavy atom. The van der Waals surface area contributed by atoms with Gasteiger partial charge in [0.05, 0.1) is 0 Å². The molecule has 0 N–H and O–H groups in total. The lowest BCUT2D eigenvalue weighted by Crippen LogP contribution is -2.20. The van der Waals surface area contributed by atoms with Crippen LogP contribution in [0.15, 0.2) is 0 Å². The minimum atomic E-state index is -4.11. The first-order valence-corrected chi connectivity index (χ1v) is 5.62. The zero-order valence-electron chi connectivity index (χ0n) is 5.13. The molecule has 0 nitrogen and oxygen atoms in total. The van der Waals surface area contributed by atoms with Crippen molar-refractivity contribution in [3.63, 3.8) is 0 Å². The van der Waals surface area contributed by atoms with E-state index in [9.17, 15) is 13.2 Å². The molecule has 0 saturated carbocycles. The van der Waals surface area contributed by atoms with Crippen molar-refractivity contribution in [1.29, 1.82) is 0 Å². The molecule has 0 aromatic carbocycles. The molecule has 0 saturated heterocycles. The van der Waals surface area contributed by atoms with E-state index < -0.39 is 21.7 Å². The summed E-state index contributed by atoms with van der Waals surface area (Å²) in [5.74, 6) is 0. The number of rotatable bonds is 1. The van der Waals surface area contributed by atoms with Gasteiger partial charge in [0, 0.05) is 0 Å². The molecular formula is C3H7BClF3S. The summed E-state index contributed by atoms with van der Waals surface area (Å²) in [4.78, 5) is 0. The molecule has 56 valence electrons. The van der Waals surface area contributed by atoms with Gasteiger partial charge in [-0.3, -0.25) is 0 Å². The summed E-state index contributed by atoms with van der Waals surface area (Å²) in [7, 11) is 3.45. The summed E-state index contributed by atoms with van der Waals surface area (Å²) >= 11 is 0. The molecule has 0 bridgehead atoms. The topological polar surface area (TPSA) is 0 Å². The van der Waals surface area contributed by atoms with Crippen LogP contribution in [0.25, 0.3) is 0 Å². The average Bonchev–Trinajstić information content (AvgIpc) is 1.14. The highest BCUT2D eigenvalue weighted by molar-refractivity contribution is 8.66. The quantitative estimate of drug-likeness (QED) is 0.539. The molecule has 9 heavy (non-hydrogen) atoms. The second kappa shape index (κ2) is 2.62. The molecule has 0 unspecified atom stereocenters. The minimum absolute atomic E-state index is 0.860. The highest BCUT2D eigenvalue weighted by Crippen LogP contribution is 2.47. The van der Waals surface area contributed by atoms with Crippen LogP contribution in [-0.2, 0) is 0 Å². The van der Waals surface area contributed by atoms with E-state index in [1.165, 1.54) is 12.5 Å². The molecule has 0 aliphatic rings. The van der Waals surface area contributed by atoms with Gasteiger partial charge >= 0.3 is 12.6 Å². The molecule has 0 rings (SSSR count). The third kappa shape index (κ3) is 8.49. The fourth-order valence-corrected chi connectivity index (χ4v) is 1.54. The SMILES string of the molecule is CS(C)(Cl)BC(F)(F)F. The van der Waals surface area contributed by atoms with E-state index in [2.05, 4.69) is 0 Å². The first-order chi connectivity index (χ1) is 3.71. The van der Waals surface area contributed by atoms with Crippen molar-refractivity contribution < 1.29 is 13.2 Å². The van der Waals surface area contributed by atoms with E-state index in [0.717, 1.165) is 0 Å². The van der Waals surface area contributed by atoms with Crippen LogP contribution in [0.5, 0.6) is 0 Å². The normalized spacial score (nSPS) is 15.3.